The molecule has 0 radical (unpaired) electrons. The number of benzene rings is 2. The van der Waals surface area contributed by atoms with Gasteiger partial charge in [0.1, 0.15) is 11.5 Å². The fraction of sp³-hybridized carbons (Fsp3) is 0.188. The third-order valence-electron chi connectivity index (χ3n) is 3.04. The predicted molar refractivity (Wildman–Crippen MR) is 79.8 cm³/mol. The maximum absolute atomic E-state index is 11.2. The van der Waals surface area contributed by atoms with E-state index in [0.29, 0.717) is 23.7 Å². The number of nitrogen functional groups attached to an aromatic ring is 1. The number of rotatable bonds is 5. The molecule has 0 aliphatic carbocycles. The average molecular weight is 287 g/mol. The van der Waals surface area contributed by atoms with Crippen molar-refractivity contribution >= 4 is 11.7 Å². The van der Waals surface area contributed by atoms with Gasteiger partial charge in [0.25, 0.3) is 0 Å². The van der Waals surface area contributed by atoms with Crippen LogP contribution in [0.4, 0.5) is 5.69 Å². The van der Waals surface area contributed by atoms with Crippen molar-refractivity contribution in [3.8, 4) is 11.5 Å². The zero-order valence-corrected chi connectivity index (χ0v) is 11.9. The van der Waals surface area contributed by atoms with Crippen molar-refractivity contribution in [3.63, 3.8) is 0 Å². The second kappa shape index (κ2) is 6.28. The summed E-state index contributed by atoms with van der Waals surface area (Å²) in [5, 5.41) is 9.14. The number of carboxylic acids is 1. The Morgan fingerprint density at radius 1 is 1.24 bits per heavy atom. The standard InChI is InChI=1S/C16H17NO4/c1-10-6-13(8-14(15(10)17)16(18)19)21-12-5-3-4-11(7-12)9-20-2/h3-8H,9,17H2,1-2H3,(H,18,19). The van der Waals surface area contributed by atoms with E-state index in [-0.39, 0.29) is 11.3 Å². The average Bonchev–Trinajstić information content (AvgIpc) is 2.43. The van der Waals surface area contributed by atoms with Crippen LogP contribution in [0.15, 0.2) is 36.4 Å². The van der Waals surface area contributed by atoms with Crippen molar-refractivity contribution in [2.75, 3.05) is 12.8 Å². The van der Waals surface area contributed by atoms with Crippen LogP contribution in [-0.4, -0.2) is 18.2 Å². The zero-order chi connectivity index (χ0) is 15.4. The van der Waals surface area contributed by atoms with Gasteiger partial charge in [-0.25, -0.2) is 4.79 Å². The first-order valence-corrected chi connectivity index (χ1v) is 6.40. The highest BCUT2D eigenvalue weighted by atomic mass is 16.5. The van der Waals surface area contributed by atoms with E-state index in [0.717, 1.165) is 5.56 Å². The molecule has 0 bridgehead atoms. The second-order valence-corrected chi connectivity index (χ2v) is 4.69. The Balaban J connectivity index is 2.31. The summed E-state index contributed by atoms with van der Waals surface area (Å²) >= 11 is 0. The Morgan fingerprint density at radius 2 is 2.00 bits per heavy atom. The normalized spacial score (nSPS) is 10.4. The lowest BCUT2D eigenvalue weighted by Crippen LogP contribution is -2.04. The van der Waals surface area contributed by atoms with Crippen molar-refractivity contribution in [2.24, 2.45) is 0 Å². The number of methoxy groups -OCH3 is 1. The first kappa shape index (κ1) is 14.9. The van der Waals surface area contributed by atoms with E-state index in [2.05, 4.69) is 0 Å². The summed E-state index contributed by atoms with van der Waals surface area (Å²) in [4.78, 5) is 11.2. The van der Waals surface area contributed by atoms with Gasteiger partial charge in [-0.15, -0.1) is 0 Å². The Kier molecular flexibility index (Phi) is 4.45. The molecule has 5 heteroatoms. The Labute approximate surface area is 122 Å². The van der Waals surface area contributed by atoms with Gasteiger partial charge in [-0.2, -0.15) is 0 Å². The van der Waals surface area contributed by atoms with E-state index in [4.69, 9.17) is 20.3 Å². The summed E-state index contributed by atoms with van der Waals surface area (Å²) in [5.74, 6) is -0.0205. The van der Waals surface area contributed by atoms with Crippen molar-refractivity contribution in [1.29, 1.82) is 0 Å². The minimum absolute atomic E-state index is 0.0399. The molecular weight excluding hydrogens is 270 g/mol. The Morgan fingerprint density at radius 3 is 2.67 bits per heavy atom. The van der Waals surface area contributed by atoms with E-state index in [1.165, 1.54) is 6.07 Å². The van der Waals surface area contributed by atoms with Crippen molar-refractivity contribution in [1.82, 2.24) is 0 Å². The van der Waals surface area contributed by atoms with Crippen LogP contribution in [-0.2, 0) is 11.3 Å². The highest BCUT2D eigenvalue weighted by Gasteiger charge is 2.13. The minimum Gasteiger partial charge on any atom is -0.478 e. The van der Waals surface area contributed by atoms with Crippen LogP contribution in [0.25, 0.3) is 0 Å². The molecule has 0 spiro atoms. The summed E-state index contributed by atoms with van der Waals surface area (Å²) in [6.07, 6.45) is 0. The molecule has 2 aromatic carbocycles. The number of carboxylic acid groups (broad SMARTS) is 1. The smallest absolute Gasteiger partial charge is 0.337 e. The van der Waals surface area contributed by atoms with Crippen LogP contribution < -0.4 is 10.5 Å². The molecule has 21 heavy (non-hydrogen) atoms. The molecule has 110 valence electrons. The van der Waals surface area contributed by atoms with E-state index in [9.17, 15) is 4.79 Å². The number of anilines is 1. The molecule has 0 fully saturated rings. The van der Waals surface area contributed by atoms with E-state index >= 15 is 0 Å². The quantitative estimate of drug-likeness (QED) is 0.825. The zero-order valence-electron chi connectivity index (χ0n) is 11.9. The summed E-state index contributed by atoms with van der Waals surface area (Å²) in [5.41, 5.74) is 7.69. The molecule has 0 heterocycles. The maximum atomic E-state index is 11.2. The summed E-state index contributed by atoms with van der Waals surface area (Å²) in [7, 11) is 1.62. The first-order chi connectivity index (χ1) is 10.0. The van der Waals surface area contributed by atoms with Crippen molar-refractivity contribution < 1.29 is 19.4 Å². The lowest BCUT2D eigenvalue weighted by Gasteiger charge is -2.11. The van der Waals surface area contributed by atoms with Crippen LogP contribution in [0.2, 0.25) is 0 Å². The number of carbonyl (C=O) groups is 1. The largest absolute Gasteiger partial charge is 0.478 e. The van der Waals surface area contributed by atoms with Crippen LogP contribution in [0.1, 0.15) is 21.5 Å². The van der Waals surface area contributed by atoms with Gasteiger partial charge in [-0.3, -0.25) is 0 Å². The van der Waals surface area contributed by atoms with E-state index in [1.54, 1.807) is 26.2 Å². The van der Waals surface area contributed by atoms with Crippen LogP contribution in [0.5, 0.6) is 11.5 Å². The maximum Gasteiger partial charge on any atom is 0.337 e. The summed E-state index contributed by atoms with van der Waals surface area (Å²) in [6.45, 7) is 2.23. The molecule has 0 saturated carbocycles. The molecule has 5 nitrogen and oxygen atoms in total. The number of ether oxygens (including phenoxy) is 2. The monoisotopic (exact) mass is 287 g/mol. The van der Waals surface area contributed by atoms with Gasteiger partial charge in [0, 0.05) is 12.8 Å². The summed E-state index contributed by atoms with van der Waals surface area (Å²) in [6, 6.07) is 10.6. The van der Waals surface area contributed by atoms with Crippen LogP contribution in [0.3, 0.4) is 0 Å². The molecule has 2 aromatic rings. The minimum atomic E-state index is -1.07. The highest BCUT2D eigenvalue weighted by molar-refractivity contribution is 5.95. The van der Waals surface area contributed by atoms with E-state index in [1.807, 2.05) is 18.2 Å². The van der Waals surface area contributed by atoms with Gasteiger partial charge in [0.2, 0.25) is 0 Å². The fourth-order valence-corrected chi connectivity index (χ4v) is 2.00. The van der Waals surface area contributed by atoms with Crippen molar-refractivity contribution in [2.45, 2.75) is 13.5 Å². The van der Waals surface area contributed by atoms with Crippen LogP contribution in [0, 0.1) is 6.92 Å². The Bertz CT molecular complexity index is 667. The van der Waals surface area contributed by atoms with E-state index < -0.39 is 5.97 Å². The molecular formula is C16H17NO4. The first-order valence-electron chi connectivity index (χ1n) is 6.40. The number of hydrogen-bond acceptors (Lipinski definition) is 4. The third kappa shape index (κ3) is 3.52. The van der Waals surface area contributed by atoms with Gasteiger partial charge in [-0.05, 0) is 42.3 Å². The molecule has 0 unspecified atom stereocenters. The molecule has 0 aromatic heterocycles. The molecule has 0 amide bonds. The number of aryl methyl sites for hydroxylation is 1. The van der Waals surface area contributed by atoms with Crippen LogP contribution >= 0.6 is 0 Å². The molecule has 3 N–H and O–H groups in total. The Hall–Kier alpha value is -2.53. The topological polar surface area (TPSA) is 81.8 Å². The third-order valence-corrected chi connectivity index (χ3v) is 3.04. The SMILES string of the molecule is COCc1cccc(Oc2cc(C)c(N)c(C(=O)O)c2)c1. The number of nitrogens with two attached hydrogens (primary N) is 1. The summed E-state index contributed by atoms with van der Waals surface area (Å²) < 4.78 is 10.8. The van der Waals surface area contributed by atoms with Crippen molar-refractivity contribution in [3.05, 3.63) is 53.1 Å². The molecule has 0 aliphatic rings. The highest BCUT2D eigenvalue weighted by Crippen LogP contribution is 2.28. The number of hydrogen-bond donors (Lipinski definition) is 2. The molecule has 0 aliphatic heterocycles. The van der Waals surface area contributed by atoms with Gasteiger partial charge >= 0.3 is 5.97 Å². The van der Waals surface area contributed by atoms with Gasteiger partial charge < -0.3 is 20.3 Å². The van der Waals surface area contributed by atoms with Gasteiger partial charge in [-0.1, -0.05) is 12.1 Å². The molecule has 0 saturated heterocycles. The predicted octanol–water partition coefficient (Wildman–Crippen LogP) is 3.21. The molecule has 2 rings (SSSR count). The second-order valence-electron chi connectivity index (χ2n) is 4.69. The lowest BCUT2D eigenvalue weighted by atomic mass is 10.1. The van der Waals surface area contributed by atoms with Gasteiger partial charge in [0.15, 0.2) is 0 Å². The fourth-order valence-electron chi connectivity index (χ4n) is 2.00. The lowest BCUT2D eigenvalue weighted by molar-refractivity contribution is 0.0697. The molecule has 0 atom stereocenters. The van der Waals surface area contributed by atoms with Gasteiger partial charge in [0.05, 0.1) is 12.2 Å². The number of aromatic carboxylic acids is 1.